The van der Waals surface area contributed by atoms with Gasteiger partial charge in [0.1, 0.15) is 11.7 Å². The van der Waals surface area contributed by atoms with Crippen molar-refractivity contribution in [3.8, 4) is 0 Å². The van der Waals surface area contributed by atoms with Gasteiger partial charge in [-0.3, -0.25) is 19.5 Å². The Kier molecular flexibility index (Phi) is 7.40. The van der Waals surface area contributed by atoms with Crippen molar-refractivity contribution in [3.63, 3.8) is 0 Å². The van der Waals surface area contributed by atoms with Gasteiger partial charge in [0.2, 0.25) is 5.91 Å². The van der Waals surface area contributed by atoms with Gasteiger partial charge in [-0.1, -0.05) is 57.2 Å². The van der Waals surface area contributed by atoms with Gasteiger partial charge < -0.3 is 20.3 Å². The van der Waals surface area contributed by atoms with Gasteiger partial charge in [-0.05, 0) is 35.2 Å². The summed E-state index contributed by atoms with van der Waals surface area (Å²) >= 11 is 0. The summed E-state index contributed by atoms with van der Waals surface area (Å²) in [7, 11) is 1.91. The van der Waals surface area contributed by atoms with Crippen LogP contribution in [0.3, 0.4) is 0 Å². The zero-order chi connectivity index (χ0) is 28.4. The molecule has 3 heterocycles. The van der Waals surface area contributed by atoms with Crippen LogP contribution < -0.4 is 15.1 Å². The zero-order valence-electron chi connectivity index (χ0n) is 23.1. The zero-order valence-corrected chi connectivity index (χ0v) is 23.1. The molecule has 206 valence electrons. The number of aliphatic hydroxyl groups is 1. The second-order valence-corrected chi connectivity index (χ2v) is 11.1. The quantitative estimate of drug-likeness (QED) is 0.340. The molecule has 0 saturated heterocycles. The monoisotopic (exact) mass is 538 g/mol. The summed E-state index contributed by atoms with van der Waals surface area (Å²) < 4.78 is 0. The Morgan fingerprint density at radius 2 is 1.80 bits per heavy atom. The first-order valence-electron chi connectivity index (χ1n) is 13.3. The topological polar surface area (TPSA) is 114 Å². The fourth-order valence-corrected chi connectivity index (χ4v) is 5.16. The Labute approximate surface area is 233 Å². The van der Waals surface area contributed by atoms with Crippen molar-refractivity contribution in [2.45, 2.75) is 44.4 Å². The van der Waals surface area contributed by atoms with E-state index in [4.69, 9.17) is 0 Å². The standard InChI is InChI=1S/C31H34N6O3/c1-31(2,3)21-11-13-22(14-12-21)37(30(40)24-17-33-19-34-24)28(20-8-7-15-32-16-20)29(39)35-27-23-9-5-6-10-25(23)36(4)18-26(27)38/h5-17,19,26-28,38H,18H2,1-4H3,(H,33,34)(H,35,39)/t26-,27-,28?/m1/s1. The number of aromatic nitrogens is 3. The number of rotatable bonds is 6. The van der Waals surface area contributed by atoms with Crippen LogP contribution in [0.15, 0.2) is 85.6 Å². The number of carbonyl (C=O) groups excluding carboxylic acids is 2. The summed E-state index contributed by atoms with van der Waals surface area (Å²) in [6, 6.07) is 17.1. The number of carbonyl (C=O) groups is 2. The number of aromatic amines is 1. The number of H-pyrrole nitrogens is 1. The summed E-state index contributed by atoms with van der Waals surface area (Å²) in [6.07, 6.45) is 5.23. The largest absolute Gasteiger partial charge is 0.389 e. The number of nitrogens with one attached hydrogen (secondary N) is 2. The normalized spacial score (nSPS) is 17.6. The number of nitrogens with zero attached hydrogens (tertiary/aromatic N) is 4. The van der Waals surface area contributed by atoms with Crippen molar-refractivity contribution in [1.82, 2.24) is 20.3 Å². The van der Waals surface area contributed by atoms with E-state index in [1.807, 2.05) is 60.5 Å². The van der Waals surface area contributed by atoms with E-state index in [0.717, 1.165) is 16.8 Å². The van der Waals surface area contributed by atoms with Gasteiger partial charge in [-0.2, -0.15) is 0 Å². The molecule has 1 aliphatic rings. The Bertz CT molecular complexity index is 1470. The van der Waals surface area contributed by atoms with Crippen LogP contribution in [0.4, 0.5) is 11.4 Å². The van der Waals surface area contributed by atoms with E-state index >= 15 is 0 Å². The lowest BCUT2D eigenvalue weighted by Crippen LogP contribution is -2.50. The van der Waals surface area contributed by atoms with Gasteiger partial charge in [0.15, 0.2) is 0 Å². The summed E-state index contributed by atoms with van der Waals surface area (Å²) in [5.41, 5.74) is 4.06. The summed E-state index contributed by atoms with van der Waals surface area (Å²) in [5.74, 6) is -0.862. The molecule has 4 aromatic rings. The molecule has 1 aliphatic heterocycles. The number of pyridine rings is 1. The fourth-order valence-electron chi connectivity index (χ4n) is 5.16. The molecule has 0 fully saturated rings. The first kappa shape index (κ1) is 27.1. The molecule has 1 unspecified atom stereocenters. The third kappa shape index (κ3) is 5.33. The molecule has 40 heavy (non-hydrogen) atoms. The van der Waals surface area contributed by atoms with Gasteiger partial charge in [-0.25, -0.2) is 4.98 Å². The van der Waals surface area contributed by atoms with Crippen molar-refractivity contribution in [2.75, 3.05) is 23.4 Å². The number of hydrogen-bond acceptors (Lipinski definition) is 6. The number of imidazole rings is 1. The van der Waals surface area contributed by atoms with E-state index in [1.54, 1.807) is 24.5 Å². The number of para-hydroxylation sites is 1. The highest BCUT2D eigenvalue weighted by molar-refractivity contribution is 6.09. The highest BCUT2D eigenvalue weighted by Crippen LogP contribution is 2.36. The number of β-amino-alcohol motifs (C(OH)–C–C–N with tert-alkyl or cyclic N) is 1. The lowest BCUT2D eigenvalue weighted by atomic mass is 9.87. The third-order valence-corrected chi connectivity index (χ3v) is 7.29. The number of fused-ring (bicyclic) bond motifs is 1. The Morgan fingerprint density at radius 1 is 1.05 bits per heavy atom. The molecule has 0 bridgehead atoms. The van der Waals surface area contributed by atoms with Crippen molar-refractivity contribution < 1.29 is 14.7 Å². The molecule has 2 amide bonds. The second-order valence-electron chi connectivity index (χ2n) is 11.1. The molecule has 5 rings (SSSR count). The van der Waals surface area contributed by atoms with Crippen LogP contribution in [0.5, 0.6) is 0 Å². The number of aliphatic hydroxyl groups excluding tert-OH is 1. The highest BCUT2D eigenvalue weighted by Gasteiger charge is 2.38. The van der Waals surface area contributed by atoms with Crippen LogP contribution in [0, 0.1) is 0 Å². The van der Waals surface area contributed by atoms with Gasteiger partial charge >= 0.3 is 0 Å². The fraction of sp³-hybridized carbons (Fsp3) is 0.290. The second kappa shape index (κ2) is 10.9. The average Bonchev–Trinajstić information content (AvgIpc) is 3.49. The molecule has 0 saturated carbocycles. The minimum absolute atomic E-state index is 0.0887. The van der Waals surface area contributed by atoms with Crippen LogP contribution in [0.2, 0.25) is 0 Å². The van der Waals surface area contributed by atoms with E-state index in [0.29, 0.717) is 17.8 Å². The lowest BCUT2D eigenvalue weighted by Gasteiger charge is -2.39. The maximum absolute atomic E-state index is 14.3. The predicted octanol–water partition coefficient (Wildman–Crippen LogP) is 4.16. The highest BCUT2D eigenvalue weighted by atomic mass is 16.3. The van der Waals surface area contributed by atoms with E-state index in [1.165, 1.54) is 17.4 Å². The van der Waals surface area contributed by atoms with Crippen molar-refractivity contribution in [1.29, 1.82) is 0 Å². The molecule has 2 aromatic carbocycles. The van der Waals surface area contributed by atoms with Crippen LogP contribution >= 0.6 is 0 Å². The lowest BCUT2D eigenvalue weighted by molar-refractivity contribution is -0.124. The average molecular weight is 539 g/mol. The minimum atomic E-state index is -1.08. The Morgan fingerprint density at radius 3 is 2.45 bits per heavy atom. The molecular formula is C31H34N6O3. The van der Waals surface area contributed by atoms with E-state index in [9.17, 15) is 14.7 Å². The molecule has 0 radical (unpaired) electrons. The maximum atomic E-state index is 14.3. The smallest absolute Gasteiger partial charge is 0.277 e. The van der Waals surface area contributed by atoms with Crippen molar-refractivity contribution in [2.24, 2.45) is 0 Å². The predicted molar refractivity (Wildman–Crippen MR) is 154 cm³/mol. The van der Waals surface area contributed by atoms with Crippen LogP contribution in [-0.4, -0.2) is 51.6 Å². The van der Waals surface area contributed by atoms with E-state index < -0.39 is 30.0 Å². The first-order chi connectivity index (χ1) is 19.1. The Balaban J connectivity index is 1.60. The Hall–Kier alpha value is -4.50. The van der Waals surface area contributed by atoms with Crippen LogP contribution in [0.1, 0.15) is 60.0 Å². The van der Waals surface area contributed by atoms with E-state index in [2.05, 4.69) is 41.0 Å². The van der Waals surface area contributed by atoms with Gasteiger partial charge in [-0.15, -0.1) is 0 Å². The summed E-state index contributed by atoms with van der Waals surface area (Å²) in [4.78, 5) is 42.9. The van der Waals surface area contributed by atoms with Gasteiger partial charge in [0.25, 0.3) is 5.91 Å². The van der Waals surface area contributed by atoms with Crippen LogP contribution in [-0.2, 0) is 10.2 Å². The molecule has 3 atom stereocenters. The minimum Gasteiger partial charge on any atom is -0.389 e. The first-order valence-corrected chi connectivity index (χ1v) is 13.3. The van der Waals surface area contributed by atoms with Gasteiger partial charge in [0.05, 0.1) is 24.7 Å². The van der Waals surface area contributed by atoms with Crippen molar-refractivity contribution in [3.05, 3.63) is 108 Å². The molecule has 2 aromatic heterocycles. The van der Waals surface area contributed by atoms with Crippen molar-refractivity contribution >= 4 is 23.2 Å². The maximum Gasteiger partial charge on any atom is 0.277 e. The number of benzene rings is 2. The molecule has 0 aliphatic carbocycles. The SMILES string of the molecule is CN1C[C@@H](O)[C@H](NC(=O)C(c2cccnc2)N(C(=O)c2cnc[nH]2)c2ccc(C(C)(C)C)cc2)c2ccccc21. The van der Waals surface area contributed by atoms with Crippen LogP contribution in [0.25, 0.3) is 0 Å². The number of amides is 2. The number of anilines is 2. The number of hydrogen-bond donors (Lipinski definition) is 3. The third-order valence-electron chi connectivity index (χ3n) is 7.29. The molecule has 3 N–H and O–H groups in total. The molecule has 9 nitrogen and oxygen atoms in total. The van der Waals surface area contributed by atoms with E-state index in [-0.39, 0.29) is 11.1 Å². The number of likely N-dealkylation sites (N-methyl/N-ethyl adjacent to an activating group) is 1. The molecular weight excluding hydrogens is 504 g/mol. The molecule has 9 heteroatoms. The summed E-state index contributed by atoms with van der Waals surface area (Å²) in [5, 5.41) is 14.1. The summed E-state index contributed by atoms with van der Waals surface area (Å²) in [6.45, 7) is 6.70. The molecule has 0 spiro atoms. The van der Waals surface area contributed by atoms with Gasteiger partial charge in [0, 0.05) is 48.5 Å².